The zero-order chi connectivity index (χ0) is 11.8. The van der Waals surface area contributed by atoms with E-state index in [-0.39, 0.29) is 6.61 Å². The van der Waals surface area contributed by atoms with E-state index in [4.69, 9.17) is 5.84 Å². The van der Waals surface area contributed by atoms with E-state index in [1.54, 1.807) is 5.01 Å². The topological polar surface area (TPSA) is 61.5 Å². The number of hydrogen-bond donors (Lipinski definition) is 3. The van der Waals surface area contributed by atoms with Gasteiger partial charge in [0, 0.05) is 5.70 Å². The van der Waals surface area contributed by atoms with Crippen LogP contribution in [0.5, 0.6) is 0 Å². The monoisotopic (exact) mass is 219 g/mol. The van der Waals surface area contributed by atoms with Crippen molar-refractivity contribution in [3.05, 3.63) is 47.3 Å². The van der Waals surface area contributed by atoms with Crippen LogP contribution in [0.1, 0.15) is 19.4 Å². The van der Waals surface area contributed by atoms with E-state index < -0.39 is 5.66 Å². The summed E-state index contributed by atoms with van der Waals surface area (Å²) in [5.74, 6) is 6.04. The second kappa shape index (κ2) is 3.81. The van der Waals surface area contributed by atoms with Crippen molar-refractivity contribution in [2.24, 2.45) is 5.84 Å². The van der Waals surface area contributed by atoms with Crippen molar-refractivity contribution in [1.82, 2.24) is 10.3 Å². The summed E-state index contributed by atoms with van der Waals surface area (Å²) in [5, 5.41) is 14.2. The molecule has 1 atom stereocenters. The van der Waals surface area contributed by atoms with Gasteiger partial charge >= 0.3 is 0 Å². The van der Waals surface area contributed by atoms with Crippen LogP contribution in [0.15, 0.2) is 41.7 Å². The van der Waals surface area contributed by atoms with Gasteiger partial charge in [-0.05, 0) is 19.4 Å². The highest BCUT2D eigenvalue weighted by molar-refractivity contribution is 5.31. The van der Waals surface area contributed by atoms with E-state index in [2.05, 4.69) is 5.32 Å². The first-order valence-electron chi connectivity index (χ1n) is 5.29. The molecule has 16 heavy (non-hydrogen) atoms. The molecule has 4 nitrogen and oxygen atoms in total. The molecule has 2 rings (SSSR count). The van der Waals surface area contributed by atoms with Gasteiger partial charge in [-0.1, -0.05) is 30.3 Å². The Morgan fingerprint density at radius 2 is 2.00 bits per heavy atom. The molecule has 4 heteroatoms. The van der Waals surface area contributed by atoms with Crippen LogP contribution >= 0.6 is 0 Å². The minimum Gasteiger partial charge on any atom is -0.390 e. The van der Waals surface area contributed by atoms with Crippen molar-refractivity contribution in [3.63, 3.8) is 0 Å². The molecule has 1 aliphatic heterocycles. The summed E-state index contributed by atoms with van der Waals surface area (Å²) < 4.78 is 0. The molecule has 0 spiro atoms. The molecular weight excluding hydrogens is 202 g/mol. The van der Waals surface area contributed by atoms with Crippen molar-refractivity contribution in [2.45, 2.75) is 19.5 Å². The van der Waals surface area contributed by atoms with Gasteiger partial charge in [-0.3, -0.25) is 5.01 Å². The number of allylic oxidation sites excluding steroid dienone is 1. The van der Waals surface area contributed by atoms with Crippen LogP contribution in [0, 0.1) is 0 Å². The fourth-order valence-electron chi connectivity index (χ4n) is 2.12. The van der Waals surface area contributed by atoms with Crippen molar-refractivity contribution in [2.75, 3.05) is 6.61 Å². The van der Waals surface area contributed by atoms with Gasteiger partial charge in [0.05, 0.1) is 12.3 Å². The fraction of sp³-hybridized carbons (Fsp3) is 0.333. The summed E-state index contributed by atoms with van der Waals surface area (Å²) in [5.41, 5.74) is 2.23. The van der Waals surface area contributed by atoms with Crippen LogP contribution in [0.25, 0.3) is 0 Å². The number of nitrogens with one attached hydrogen (secondary N) is 1. The second-order valence-electron chi connectivity index (χ2n) is 4.16. The fourth-order valence-corrected chi connectivity index (χ4v) is 2.12. The predicted octanol–water partition coefficient (Wildman–Crippen LogP) is 0.862. The number of nitrogens with two attached hydrogens (primary N) is 1. The molecule has 1 aromatic rings. The minimum absolute atomic E-state index is 0.0578. The number of benzene rings is 1. The Bertz CT molecular complexity index is 416. The zero-order valence-electron chi connectivity index (χ0n) is 9.57. The third kappa shape index (κ3) is 1.47. The standard InChI is InChI=1S/C12H17N3O/c1-9-11(8-16)15(13)12(2,14-9)10-6-4-3-5-7-10/h3-7,14,16H,8,13H2,1-2H3. The lowest BCUT2D eigenvalue weighted by Gasteiger charge is -2.35. The Balaban J connectivity index is 2.38. The van der Waals surface area contributed by atoms with E-state index in [0.717, 1.165) is 17.0 Å². The van der Waals surface area contributed by atoms with Crippen molar-refractivity contribution in [3.8, 4) is 0 Å². The Kier molecular flexibility index (Phi) is 2.61. The Hall–Kier alpha value is -1.52. The van der Waals surface area contributed by atoms with Crippen LogP contribution in [0.3, 0.4) is 0 Å². The smallest absolute Gasteiger partial charge is 0.147 e. The molecule has 0 fully saturated rings. The Morgan fingerprint density at radius 1 is 1.38 bits per heavy atom. The van der Waals surface area contributed by atoms with E-state index >= 15 is 0 Å². The Morgan fingerprint density at radius 3 is 2.50 bits per heavy atom. The van der Waals surface area contributed by atoms with Gasteiger partial charge in [-0.15, -0.1) is 0 Å². The van der Waals surface area contributed by atoms with E-state index in [9.17, 15) is 5.11 Å². The average Bonchev–Trinajstić information content (AvgIpc) is 2.52. The molecule has 0 radical (unpaired) electrons. The molecule has 0 aliphatic carbocycles. The molecule has 1 aliphatic rings. The molecule has 1 heterocycles. The number of hydrogen-bond acceptors (Lipinski definition) is 4. The molecule has 0 bridgehead atoms. The molecule has 0 saturated heterocycles. The number of rotatable bonds is 2. The van der Waals surface area contributed by atoms with Gasteiger partial charge in [-0.2, -0.15) is 0 Å². The third-order valence-corrected chi connectivity index (χ3v) is 3.12. The van der Waals surface area contributed by atoms with E-state index in [0.29, 0.717) is 0 Å². The molecule has 0 aromatic heterocycles. The number of nitrogens with zero attached hydrogens (tertiary/aromatic N) is 1. The molecule has 0 amide bonds. The summed E-state index contributed by atoms with van der Waals surface area (Å²) in [4.78, 5) is 0. The van der Waals surface area contributed by atoms with Crippen LogP contribution in [-0.2, 0) is 5.66 Å². The summed E-state index contributed by atoms with van der Waals surface area (Å²) >= 11 is 0. The summed E-state index contributed by atoms with van der Waals surface area (Å²) in [6.07, 6.45) is 0. The number of aliphatic hydroxyl groups excluding tert-OH is 1. The van der Waals surface area contributed by atoms with Crippen molar-refractivity contribution < 1.29 is 5.11 Å². The van der Waals surface area contributed by atoms with Gasteiger partial charge < -0.3 is 10.4 Å². The van der Waals surface area contributed by atoms with Crippen LogP contribution in [0.2, 0.25) is 0 Å². The molecule has 4 N–H and O–H groups in total. The number of hydrazine groups is 1. The largest absolute Gasteiger partial charge is 0.390 e. The third-order valence-electron chi connectivity index (χ3n) is 3.12. The first kappa shape index (κ1) is 11.0. The lowest BCUT2D eigenvalue weighted by molar-refractivity contribution is 0.131. The second-order valence-corrected chi connectivity index (χ2v) is 4.16. The van der Waals surface area contributed by atoms with Crippen molar-refractivity contribution in [1.29, 1.82) is 0 Å². The normalized spacial score (nSPS) is 24.9. The van der Waals surface area contributed by atoms with E-state index in [1.807, 2.05) is 44.2 Å². The maximum atomic E-state index is 9.27. The summed E-state index contributed by atoms with van der Waals surface area (Å²) in [7, 11) is 0. The first-order valence-corrected chi connectivity index (χ1v) is 5.29. The lowest BCUT2D eigenvalue weighted by Crippen LogP contribution is -2.51. The van der Waals surface area contributed by atoms with Crippen LogP contribution < -0.4 is 11.2 Å². The quantitative estimate of drug-likeness (QED) is 0.646. The molecule has 0 saturated carbocycles. The van der Waals surface area contributed by atoms with Crippen molar-refractivity contribution >= 4 is 0 Å². The SMILES string of the molecule is CC1=C(CO)N(N)C(C)(c2ccccc2)N1. The van der Waals surface area contributed by atoms with Crippen LogP contribution in [0.4, 0.5) is 0 Å². The highest BCUT2D eigenvalue weighted by atomic mass is 16.3. The van der Waals surface area contributed by atoms with Gasteiger partial charge in [0.1, 0.15) is 5.66 Å². The highest BCUT2D eigenvalue weighted by Crippen LogP contribution is 2.32. The van der Waals surface area contributed by atoms with Crippen LogP contribution in [-0.4, -0.2) is 16.7 Å². The Labute approximate surface area is 95.3 Å². The molecule has 86 valence electrons. The minimum atomic E-state index is -0.483. The molecule has 1 unspecified atom stereocenters. The number of aliphatic hydroxyl groups is 1. The predicted molar refractivity (Wildman–Crippen MR) is 62.7 cm³/mol. The summed E-state index contributed by atoms with van der Waals surface area (Å²) in [6, 6.07) is 9.95. The van der Waals surface area contributed by atoms with Gasteiger partial charge in [0.2, 0.25) is 0 Å². The maximum Gasteiger partial charge on any atom is 0.147 e. The zero-order valence-corrected chi connectivity index (χ0v) is 9.57. The van der Waals surface area contributed by atoms with Gasteiger partial charge in [-0.25, -0.2) is 5.84 Å². The van der Waals surface area contributed by atoms with E-state index in [1.165, 1.54) is 0 Å². The van der Waals surface area contributed by atoms with Gasteiger partial charge in [0.25, 0.3) is 0 Å². The summed E-state index contributed by atoms with van der Waals surface area (Å²) in [6.45, 7) is 3.85. The first-order chi connectivity index (χ1) is 7.59. The highest BCUT2D eigenvalue weighted by Gasteiger charge is 2.39. The molecular formula is C12H17N3O. The average molecular weight is 219 g/mol. The van der Waals surface area contributed by atoms with Gasteiger partial charge in [0.15, 0.2) is 0 Å². The maximum absolute atomic E-state index is 9.27. The molecule has 1 aromatic carbocycles. The lowest BCUT2D eigenvalue weighted by atomic mass is 10.0.